The molecule has 0 spiro atoms. The Morgan fingerprint density at radius 2 is 2.24 bits per heavy atom. The zero-order valence-corrected chi connectivity index (χ0v) is 13.8. The van der Waals surface area contributed by atoms with E-state index in [4.69, 9.17) is 4.42 Å². The minimum absolute atomic E-state index is 0.0405. The summed E-state index contributed by atoms with van der Waals surface area (Å²) in [6.07, 6.45) is 8.57. The van der Waals surface area contributed by atoms with E-state index in [0.29, 0.717) is 18.7 Å². The van der Waals surface area contributed by atoms with Gasteiger partial charge in [0.05, 0.1) is 30.6 Å². The number of hydrogen-bond acceptors (Lipinski definition) is 6. The zero-order valence-electron chi connectivity index (χ0n) is 13.8. The Hall–Kier alpha value is -2.96. The van der Waals surface area contributed by atoms with Gasteiger partial charge in [0.25, 0.3) is 0 Å². The molecule has 7 heteroatoms. The lowest BCUT2D eigenvalue weighted by atomic mass is 9.96. The van der Waals surface area contributed by atoms with Crippen LogP contribution in [-0.4, -0.2) is 33.9 Å². The molecule has 0 radical (unpaired) electrons. The molecule has 0 saturated carbocycles. The van der Waals surface area contributed by atoms with E-state index in [2.05, 4.69) is 25.2 Å². The van der Waals surface area contributed by atoms with Crippen LogP contribution in [-0.2, 0) is 11.3 Å². The van der Waals surface area contributed by atoms with Crippen molar-refractivity contribution in [2.24, 2.45) is 5.92 Å². The van der Waals surface area contributed by atoms with Gasteiger partial charge in [-0.05, 0) is 31.0 Å². The highest BCUT2D eigenvalue weighted by molar-refractivity contribution is 5.80. The molecule has 3 aromatic heterocycles. The molecule has 1 aliphatic heterocycles. The molecule has 1 fully saturated rings. The van der Waals surface area contributed by atoms with Gasteiger partial charge in [0.1, 0.15) is 11.3 Å². The molecule has 3 aromatic rings. The number of rotatable bonds is 4. The van der Waals surface area contributed by atoms with Crippen molar-refractivity contribution in [3.05, 3.63) is 48.8 Å². The molecule has 1 atom stereocenters. The summed E-state index contributed by atoms with van der Waals surface area (Å²) in [6.45, 7) is 2.02. The van der Waals surface area contributed by atoms with Gasteiger partial charge in [0, 0.05) is 25.5 Å². The minimum atomic E-state index is -0.0405. The van der Waals surface area contributed by atoms with E-state index in [-0.39, 0.29) is 11.8 Å². The summed E-state index contributed by atoms with van der Waals surface area (Å²) >= 11 is 0. The lowest BCUT2D eigenvalue weighted by Crippen LogP contribution is -2.43. The summed E-state index contributed by atoms with van der Waals surface area (Å²) in [4.78, 5) is 27.5. The number of fused-ring (bicyclic) bond motifs is 1. The largest absolute Gasteiger partial charge is 0.467 e. The van der Waals surface area contributed by atoms with Crippen LogP contribution in [0.25, 0.3) is 11.2 Å². The number of piperidine rings is 1. The first-order valence-electron chi connectivity index (χ1n) is 8.41. The van der Waals surface area contributed by atoms with Gasteiger partial charge < -0.3 is 14.6 Å². The Bertz CT molecular complexity index is 865. The zero-order chi connectivity index (χ0) is 17.1. The van der Waals surface area contributed by atoms with Gasteiger partial charge in [-0.15, -0.1) is 0 Å². The summed E-state index contributed by atoms with van der Waals surface area (Å²) < 4.78 is 5.26. The van der Waals surface area contributed by atoms with Crippen LogP contribution < -0.4 is 10.2 Å². The number of furan rings is 1. The quantitative estimate of drug-likeness (QED) is 0.785. The maximum atomic E-state index is 12.5. The minimum Gasteiger partial charge on any atom is -0.467 e. The van der Waals surface area contributed by atoms with Gasteiger partial charge >= 0.3 is 0 Å². The highest BCUT2D eigenvalue weighted by Crippen LogP contribution is 2.24. The second kappa shape index (κ2) is 6.88. The van der Waals surface area contributed by atoms with E-state index in [1.807, 2.05) is 18.2 Å². The van der Waals surface area contributed by atoms with Crippen molar-refractivity contribution >= 4 is 22.8 Å². The maximum absolute atomic E-state index is 12.5. The van der Waals surface area contributed by atoms with Crippen LogP contribution in [0.5, 0.6) is 0 Å². The number of nitrogens with zero attached hydrogens (tertiary/aromatic N) is 4. The van der Waals surface area contributed by atoms with E-state index in [1.54, 1.807) is 24.9 Å². The monoisotopic (exact) mass is 337 g/mol. The van der Waals surface area contributed by atoms with Gasteiger partial charge in [-0.2, -0.15) is 0 Å². The lowest BCUT2D eigenvalue weighted by molar-refractivity contribution is -0.125. The van der Waals surface area contributed by atoms with Crippen molar-refractivity contribution in [2.45, 2.75) is 19.4 Å². The molecule has 1 aliphatic rings. The van der Waals surface area contributed by atoms with Crippen LogP contribution in [0.1, 0.15) is 18.6 Å². The Balaban J connectivity index is 1.43. The molecule has 4 heterocycles. The summed E-state index contributed by atoms with van der Waals surface area (Å²) in [5.74, 6) is 0.786. The summed E-state index contributed by atoms with van der Waals surface area (Å²) in [5.41, 5.74) is 2.39. The van der Waals surface area contributed by atoms with E-state index < -0.39 is 0 Å². The van der Waals surface area contributed by atoms with Crippen LogP contribution in [0.15, 0.2) is 47.5 Å². The van der Waals surface area contributed by atoms with Crippen LogP contribution in [0.4, 0.5) is 5.69 Å². The molecule has 0 aromatic carbocycles. The molecule has 1 unspecified atom stereocenters. The number of carbonyl (C=O) groups excluding carboxylic acids is 1. The van der Waals surface area contributed by atoms with E-state index in [0.717, 1.165) is 36.4 Å². The Kier molecular flexibility index (Phi) is 4.28. The fourth-order valence-electron chi connectivity index (χ4n) is 3.18. The summed E-state index contributed by atoms with van der Waals surface area (Å²) in [6, 6.07) is 5.66. The van der Waals surface area contributed by atoms with E-state index >= 15 is 0 Å². The maximum Gasteiger partial charge on any atom is 0.225 e. The van der Waals surface area contributed by atoms with Crippen LogP contribution >= 0.6 is 0 Å². The number of pyridine rings is 1. The van der Waals surface area contributed by atoms with Gasteiger partial charge in [0.2, 0.25) is 5.91 Å². The molecular weight excluding hydrogens is 318 g/mol. The molecule has 0 bridgehead atoms. The summed E-state index contributed by atoms with van der Waals surface area (Å²) in [7, 11) is 0. The topological polar surface area (TPSA) is 84.2 Å². The van der Waals surface area contributed by atoms with Crippen molar-refractivity contribution < 1.29 is 9.21 Å². The normalized spacial score (nSPS) is 17.6. The van der Waals surface area contributed by atoms with Gasteiger partial charge in [-0.25, -0.2) is 9.97 Å². The van der Waals surface area contributed by atoms with Gasteiger partial charge in [-0.1, -0.05) is 0 Å². The van der Waals surface area contributed by atoms with Crippen molar-refractivity contribution in [2.75, 3.05) is 18.0 Å². The lowest BCUT2D eigenvalue weighted by Gasteiger charge is -2.33. The molecule has 1 N–H and O–H groups in total. The van der Waals surface area contributed by atoms with Crippen LogP contribution in [0, 0.1) is 5.92 Å². The third-order valence-electron chi connectivity index (χ3n) is 4.48. The molecule has 0 aliphatic carbocycles. The first-order valence-corrected chi connectivity index (χ1v) is 8.41. The van der Waals surface area contributed by atoms with Crippen LogP contribution in [0.3, 0.4) is 0 Å². The molecule has 7 nitrogen and oxygen atoms in total. The fraction of sp³-hybridized carbons (Fsp3) is 0.333. The average molecular weight is 337 g/mol. The van der Waals surface area contributed by atoms with Gasteiger partial charge in [0.15, 0.2) is 5.65 Å². The smallest absolute Gasteiger partial charge is 0.225 e. The second-order valence-corrected chi connectivity index (χ2v) is 6.17. The van der Waals surface area contributed by atoms with Crippen molar-refractivity contribution in [3.63, 3.8) is 0 Å². The average Bonchev–Trinajstić information content (AvgIpc) is 3.19. The predicted octanol–water partition coefficient (Wildman–Crippen LogP) is 2.15. The molecule has 4 rings (SSSR count). The number of nitrogens with one attached hydrogen (secondary N) is 1. The van der Waals surface area contributed by atoms with Crippen LogP contribution in [0.2, 0.25) is 0 Å². The fourth-order valence-corrected chi connectivity index (χ4v) is 3.18. The number of anilines is 1. The molecule has 1 amide bonds. The van der Waals surface area contributed by atoms with Gasteiger partial charge in [-0.3, -0.25) is 9.78 Å². The Labute approximate surface area is 145 Å². The first kappa shape index (κ1) is 15.6. The number of aromatic nitrogens is 3. The first-order chi connectivity index (χ1) is 12.3. The highest BCUT2D eigenvalue weighted by Gasteiger charge is 2.26. The highest BCUT2D eigenvalue weighted by atomic mass is 16.3. The number of hydrogen-bond donors (Lipinski definition) is 1. The number of amides is 1. The predicted molar refractivity (Wildman–Crippen MR) is 92.8 cm³/mol. The number of carbonyl (C=O) groups is 1. The molecule has 1 saturated heterocycles. The van der Waals surface area contributed by atoms with E-state index in [1.165, 1.54) is 0 Å². The molecular formula is C18H19N5O2. The third-order valence-corrected chi connectivity index (χ3v) is 4.48. The molecule has 25 heavy (non-hydrogen) atoms. The van der Waals surface area contributed by atoms with Crippen molar-refractivity contribution in [1.29, 1.82) is 0 Å². The Morgan fingerprint density at radius 3 is 3.12 bits per heavy atom. The second-order valence-electron chi connectivity index (χ2n) is 6.17. The van der Waals surface area contributed by atoms with E-state index in [9.17, 15) is 4.79 Å². The third kappa shape index (κ3) is 3.45. The van der Waals surface area contributed by atoms with Crippen molar-refractivity contribution in [3.8, 4) is 0 Å². The SMILES string of the molecule is O=C(NCc1ccco1)C1CCCN(c2cnc3nccnc3c2)C1. The molecule has 128 valence electrons. The summed E-state index contributed by atoms with van der Waals surface area (Å²) in [5, 5.41) is 2.96. The van der Waals surface area contributed by atoms with Crippen molar-refractivity contribution in [1.82, 2.24) is 20.3 Å². The Morgan fingerprint density at radius 1 is 1.32 bits per heavy atom. The standard InChI is InChI=1S/C18H19N5O2/c24-18(22-11-15-4-2-8-25-15)13-3-1-7-23(12-13)14-9-16-17(21-10-14)20-6-5-19-16/h2,4-6,8-10,13H,1,3,7,11-12H2,(H,22,24).